The molecule has 494 valence electrons. The highest BCUT2D eigenvalue weighted by Gasteiger charge is 2.72. The standard InChI is InChI=1S/C59H96O27/c1-23-11-16-59(53(75)86-50-43(73)40(70)37(67)29(82-50)22-78-48-41(71)38(68)35(65)27(19-60)80-48)18-17-56(6)25(47(59)58(23,8)76)9-10-31-55(5)14-13-32(54(3,4)30(55)12-15-57(31,56)7)83-52-46(34(64)26(62)21-77-52)85-51-44(74)45(33(63)24(2)79-51)84-49-42(72)39(69)36(66)28(20-61)81-49/h9,23-24,26-52,60-74,76H,10-22H2,1-8H3/t23-,24+,26-,27-,28-,29-,30+,31-,32+,33+,34+,35-,36-,37-,38+,39+,40+,41-,42-,43-,44-,45-,46-,47-,48-,49+,50+,51+,52+,55+,56-,57-,58-,59+/m1/s1. The Morgan fingerprint density at radius 2 is 1.13 bits per heavy atom. The summed E-state index contributed by atoms with van der Waals surface area (Å²) in [7, 11) is 0. The summed E-state index contributed by atoms with van der Waals surface area (Å²) in [4.78, 5) is 15.2. The summed E-state index contributed by atoms with van der Waals surface area (Å²) < 4.78 is 59.6. The molecule has 27 nitrogen and oxygen atoms in total. The smallest absolute Gasteiger partial charge is 0.315 e. The van der Waals surface area contributed by atoms with E-state index in [1.54, 1.807) is 6.92 Å². The SMILES string of the molecule is C[C@@H]1O[C@@H](O[C@H]2[C@H](O[C@H]3CC[C@]4(C)[C@H]5CC=C6[C@H]7[C@](C(=O)O[C@@H]8O[C@H](CO[C@@H]9O[C@H](CO)[C@@H](O)[C@H](O)[C@H]9O)[C@@H](O)[C@H](O)[C@H]8O)(CC[C@@H](C)[C@@]7(C)O)CC[C@@]6(C)[C@]5(C)CC[C@H]4C3(C)C)OC[C@@H](O)[C@@H]2O)[C@H](O)[C@H](O[C@@H]2O[C@H](CO)[C@@H](O)[C@H](O)[C@H]2O)[C@H]1O. The number of carbonyl (C=O) groups excluding carboxylic acids is 1. The van der Waals surface area contributed by atoms with Crippen molar-refractivity contribution in [1.82, 2.24) is 0 Å². The number of allylic oxidation sites excluding steroid dienone is 1. The largest absolute Gasteiger partial charge is 0.432 e. The molecule has 27 heteroatoms. The van der Waals surface area contributed by atoms with Gasteiger partial charge in [0.1, 0.15) is 110 Å². The van der Waals surface area contributed by atoms with Crippen molar-refractivity contribution < 1.29 is 134 Å². The van der Waals surface area contributed by atoms with E-state index in [0.717, 1.165) is 18.4 Å². The average molecular weight is 1240 g/mol. The first-order chi connectivity index (χ1) is 40.2. The molecule has 4 saturated carbocycles. The van der Waals surface area contributed by atoms with Crippen LogP contribution in [0.5, 0.6) is 0 Å². The van der Waals surface area contributed by atoms with Crippen molar-refractivity contribution in [3.05, 3.63) is 11.6 Å². The van der Waals surface area contributed by atoms with Crippen molar-refractivity contribution in [3.8, 4) is 0 Å². The molecule has 5 saturated heterocycles. The van der Waals surface area contributed by atoms with E-state index in [9.17, 15) is 81.7 Å². The first kappa shape index (κ1) is 67.1. The molecule has 0 spiro atoms. The molecule has 5 aliphatic carbocycles. The highest BCUT2D eigenvalue weighted by Crippen LogP contribution is 2.76. The van der Waals surface area contributed by atoms with E-state index in [4.69, 9.17) is 47.4 Å². The second-order valence-electron chi connectivity index (χ2n) is 28.3. The molecule has 0 bridgehead atoms. The topological polar surface area (TPSA) is 433 Å². The quantitative estimate of drug-likeness (QED) is 0.0482. The fourth-order valence-electron chi connectivity index (χ4n) is 17.8. The molecule has 5 aliphatic heterocycles. The van der Waals surface area contributed by atoms with Crippen molar-refractivity contribution >= 4 is 5.97 Å². The Labute approximate surface area is 499 Å². The number of aliphatic hydroxyl groups is 16. The Balaban J connectivity index is 0.851. The monoisotopic (exact) mass is 1240 g/mol. The van der Waals surface area contributed by atoms with Crippen LogP contribution < -0.4 is 0 Å². The summed E-state index contributed by atoms with van der Waals surface area (Å²) in [6.07, 6.45) is -32.2. The number of ether oxygens (including phenoxy) is 10. The van der Waals surface area contributed by atoms with Crippen LogP contribution >= 0.6 is 0 Å². The van der Waals surface area contributed by atoms with Crippen molar-refractivity contribution in [1.29, 1.82) is 0 Å². The van der Waals surface area contributed by atoms with Gasteiger partial charge in [0, 0.05) is 5.92 Å². The van der Waals surface area contributed by atoms with Gasteiger partial charge in [-0.05, 0) is 111 Å². The van der Waals surface area contributed by atoms with Gasteiger partial charge in [0.15, 0.2) is 25.2 Å². The molecule has 0 amide bonds. The van der Waals surface area contributed by atoms with Crippen LogP contribution in [-0.2, 0) is 52.2 Å². The number of esters is 1. The van der Waals surface area contributed by atoms with Gasteiger partial charge in [-0.1, -0.05) is 53.2 Å². The van der Waals surface area contributed by atoms with Crippen molar-refractivity contribution in [2.24, 2.45) is 50.7 Å². The molecule has 0 aromatic rings. The van der Waals surface area contributed by atoms with Crippen LogP contribution in [0, 0.1) is 50.7 Å². The van der Waals surface area contributed by atoms with E-state index >= 15 is 4.79 Å². The van der Waals surface area contributed by atoms with Gasteiger partial charge >= 0.3 is 5.97 Å². The molecule has 86 heavy (non-hydrogen) atoms. The lowest BCUT2D eigenvalue weighted by molar-refractivity contribution is -0.382. The molecule has 16 N–H and O–H groups in total. The van der Waals surface area contributed by atoms with E-state index in [1.807, 2.05) is 6.92 Å². The second-order valence-corrected chi connectivity index (χ2v) is 28.3. The van der Waals surface area contributed by atoms with Crippen molar-refractivity contribution in [3.63, 3.8) is 0 Å². The first-order valence-electron chi connectivity index (χ1n) is 30.8. The van der Waals surface area contributed by atoms with Crippen LogP contribution in [0.3, 0.4) is 0 Å². The van der Waals surface area contributed by atoms with Crippen molar-refractivity contribution in [2.75, 3.05) is 26.4 Å². The second kappa shape index (κ2) is 24.6. The first-order valence-corrected chi connectivity index (χ1v) is 30.8. The number of hydrogen-bond acceptors (Lipinski definition) is 27. The number of rotatable bonds is 13. The van der Waals surface area contributed by atoms with Gasteiger partial charge < -0.3 is 129 Å². The molecule has 0 aromatic carbocycles. The highest BCUT2D eigenvalue weighted by molar-refractivity contribution is 5.79. The fourth-order valence-corrected chi connectivity index (χ4v) is 17.8. The van der Waals surface area contributed by atoms with Gasteiger partial charge in [0.2, 0.25) is 6.29 Å². The molecule has 0 unspecified atom stereocenters. The highest BCUT2D eigenvalue weighted by atomic mass is 16.8. The molecular formula is C59H96O27. The number of fused-ring (bicyclic) bond motifs is 7. The Hall–Kier alpha value is -1.79. The van der Waals surface area contributed by atoms with E-state index in [0.29, 0.717) is 44.9 Å². The average Bonchev–Trinajstić information content (AvgIpc) is 0.691. The number of carbonyl (C=O) groups is 1. The third kappa shape index (κ3) is 10.9. The van der Waals surface area contributed by atoms with Crippen LogP contribution in [0.2, 0.25) is 0 Å². The van der Waals surface area contributed by atoms with Crippen LogP contribution in [0.4, 0.5) is 0 Å². The molecule has 0 aromatic heterocycles. The van der Waals surface area contributed by atoms with Crippen LogP contribution in [0.1, 0.15) is 113 Å². The van der Waals surface area contributed by atoms with Gasteiger partial charge in [0.05, 0.1) is 49.7 Å². The van der Waals surface area contributed by atoms with Gasteiger partial charge in [-0.15, -0.1) is 0 Å². The summed E-state index contributed by atoms with van der Waals surface area (Å²) in [5.41, 5.74) is -3.51. The number of hydrogen-bond donors (Lipinski definition) is 16. The molecule has 0 radical (unpaired) electrons. The van der Waals surface area contributed by atoms with Crippen LogP contribution in [-0.4, -0.2) is 273 Å². The third-order valence-electron chi connectivity index (χ3n) is 23.5. The maximum Gasteiger partial charge on any atom is 0.315 e. The Kier molecular flexibility index (Phi) is 19.2. The summed E-state index contributed by atoms with van der Waals surface area (Å²) in [5, 5.41) is 174. The summed E-state index contributed by atoms with van der Waals surface area (Å²) in [6, 6.07) is 0. The molecule has 34 atom stereocenters. The lowest BCUT2D eigenvalue weighted by Crippen LogP contribution is -2.68. The molecule has 9 fully saturated rings. The van der Waals surface area contributed by atoms with Gasteiger partial charge in [-0.2, -0.15) is 0 Å². The van der Waals surface area contributed by atoms with Gasteiger partial charge in [-0.3, -0.25) is 4.79 Å². The maximum atomic E-state index is 15.2. The van der Waals surface area contributed by atoms with Crippen LogP contribution in [0.15, 0.2) is 11.6 Å². The predicted molar refractivity (Wildman–Crippen MR) is 289 cm³/mol. The summed E-state index contributed by atoms with van der Waals surface area (Å²) in [6.45, 7) is 14.0. The van der Waals surface area contributed by atoms with E-state index in [-0.39, 0.29) is 35.2 Å². The van der Waals surface area contributed by atoms with E-state index < -0.39 is 207 Å². The zero-order valence-corrected chi connectivity index (χ0v) is 50.2. The Bertz CT molecular complexity index is 2400. The molecule has 10 rings (SSSR count). The lowest BCUT2D eigenvalue weighted by Gasteiger charge is -2.72. The van der Waals surface area contributed by atoms with Gasteiger partial charge in [-0.25, -0.2) is 0 Å². The number of aliphatic hydroxyl groups excluding tert-OH is 15. The minimum Gasteiger partial charge on any atom is -0.432 e. The Morgan fingerprint density at radius 1 is 0.558 bits per heavy atom. The minimum atomic E-state index is -1.92. The third-order valence-corrected chi connectivity index (χ3v) is 23.5. The summed E-state index contributed by atoms with van der Waals surface area (Å²) >= 11 is 0. The Morgan fingerprint density at radius 3 is 1.77 bits per heavy atom. The van der Waals surface area contributed by atoms with Gasteiger partial charge in [0.25, 0.3) is 0 Å². The zero-order chi connectivity index (χ0) is 62.9. The normalized spacial score (nSPS) is 55.6. The zero-order valence-electron chi connectivity index (χ0n) is 50.2. The van der Waals surface area contributed by atoms with E-state index in [1.165, 1.54) is 6.92 Å². The molecule has 10 aliphatic rings. The predicted octanol–water partition coefficient (Wildman–Crippen LogP) is -3.57. The molecular weight excluding hydrogens is 1140 g/mol. The molecule has 5 heterocycles. The summed E-state index contributed by atoms with van der Waals surface area (Å²) in [5.74, 6) is -1.58. The fraction of sp³-hybridized carbons (Fsp3) is 0.949. The minimum absolute atomic E-state index is 0.0627. The van der Waals surface area contributed by atoms with Crippen molar-refractivity contribution in [2.45, 2.75) is 272 Å². The van der Waals surface area contributed by atoms with Crippen LogP contribution in [0.25, 0.3) is 0 Å². The lowest BCUT2D eigenvalue weighted by atomic mass is 9.33. The maximum absolute atomic E-state index is 15.2. The van der Waals surface area contributed by atoms with E-state index in [2.05, 4.69) is 40.7 Å².